The zero-order valence-electron chi connectivity index (χ0n) is 15.8. The van der Waals surface area contributed by atoms with Gasteiger partial charge in [0.1, 0.15) is 0 Å². The van der Waals surface area contributed by atoms with Crippen molar-refractivity contribution >= 4 is 35.0 Å². The van der Waals surface area contributed by atoms with Crippen LogP contribution in [0.4, 0.5) is 5.69 Å². The predicted molar refractivity (Wildman–Crippen MR) is 110 cm³/mol. The summed E-state index contributed by atoms with van der Waals surface area (Å²) in [5.74, 6) is -0.0273. The lowest BCUT2D eigenvalue weighted by Gasteiger charge is -2.36. The smallest absolute Gasteiger partial charge is 0.223 e. The van der Waals surface area contributed by atoms with E-state index in [0.717, 1.165) is 28.3 Å². The Morgan fingerprint density at radius 3 is 2.59 bits per heavy atom. The van der Waals surface area contributed by atoms with Crippen LogP contribution in [0.3, 0.4) is 0 Å². The number of benzene rings is 2. The lowest BCUT2D eigenvalue weighted by atomic mass is 9.86. The molecule has 0 unspecified atom stereocenters. The number of ether oxygens (including phenoxy) is 2. The van der Waals surface area contributed by atoms with Gasteiger partial charge in [0.25, 0.3) is 0 Å². The van der Waals surface area contributed by atoms with Crippen LogP contribution in [0.5, 0.6) is 0 Å². The number of methoxy groups -OCH3 is 1. The maximum Gasteiger partial charge on any atom is 0.223 e. The van der Waals surface area contributed by atoms with Gasteiger partial charge in [0.2, 0.25) is 5.91 Å². The normalized spacial score (nSPS) is 16.1. The Labute approximate surface area is 169 Å². The number of halogens is 1. The molecule has 2 aromatic rings. The molecule has 0 N–H and O–H groups in total. The highest BCUT2D eigenvalue weighted by Crippen LogP contribution is 2.40. The van der Waals surface area contributed by atoms with E-state index < -0.39 is 0 Å². The molecule has 0 atom stereocenters. The van der Waals surface area contributed by atoms with E-state index in [1.807, 2.05) is 18.2 Å². The molecule has 0 radical (unpaired) electrons. The molecule has 1 fully saturated rings. The molecule has 0 saturated carbocycles. The van der Waals surface area contributed by atoms with Crippen LogP contribution in [-0.2, 0) is 19.9 Å². The van der Waals surface area contributed by atoms with Gasteiger partial charge >= 0.3 is 0 Å². The largest absolute Gasteiger partial charge is 0.381 e. The number of anilines is 1. The minimum atomic E-state index is -0.285. The van der Waals surface area contributed by atoms with Crippen molar-refractivity contribution < 1.29 is 14.3 Å². The molecule has 0 aromatic heterocycles. The number of hydrogen-bond donors (Lipinski definition) is 0. The van der Waals surface area contributed by atoms with E-state index in [1.165, 1.54) is 12.5 Å². The number of carbonyl (C=O) groups is 1. The summed E-state index contributed by atoms with van der Waals surface area (Å²) in [6.45, 7) is 2.95. The number of amides is 1. The van der Waals surface area contributed by atoms with Crippen molar-refractivity contribution in [3.8, 4) is 0 Å². The number of hydrogen-bond acceptors (Lipinski definition) is 4. The van der Waals surface area contributed by atoms with Gasteiger partial charge < -0.3 is 14.4 Å². The third-order valence-electron chi connectivity index (χ3n) is 5.05. The average molecular weight is 406 g/mol. The van der Waals surface area contributed by atoms with Crippen molar-refractivity contribution in [1.82, 2.24) is 0 Å². The van der Waals surface area contributed by atoms with E-state index >= 15 is 0 Å². The van der Waals surface area contributed by atoms with Crippen LogP contribution in [-0.4, -0.2) is 33.3 Å². The quantitative estimate of drug-likeness (QED) is 0.691. The van der Waals surface area contributed by atoms with Crippen LogP contribution in [0.1, 0.15) is 25.3 Å². The molecule has 1 aliphatic heterocycles. The molecule has 0 bridgehead atoms. The summed E-state index contributed by atoms with van der Waals surface area (Å²) in [6.07, 6.45) is 1.70. The molecule has 2 aromatic carbocycles. The van der Waals surface area contributed by atoms with Crippen LogP contribution >= 0.6 is 23.4 Å². The van der Waals surface area contributed by atoms with Crippen LogP contribution in [0.15, 0.2) is 52.3 Å². The van der Waals surface area contributed by atoms with Crippen LogP contribution in [0, 0.1) is 0 Å². The SMILES string of the molecule is COC1(c2cccc(Sc3ccc(N(C)C(C)=O)cc3Cl)c2)CCOCC1. The number of carbonyl (C=O) groups excluding carboxylic acids is 1. The minimum Gasteiger partial charge on any atom is -0.381 e. The van der Waals surface area contributed by atoms with E-state index in [0.29, 0.717) is 18.2 Å². The van der Waals surface area contributed by atoms with Gasteiger partial charge in [-0.1, -0.05) is 35.5 Å². The predicted octanol–water partition coefficient (Wildman–Crippen LogP) is 5.13. The van der Waals surface area contributed by atoms with Gasteiger partial charge in [-0.3, -0.25) is 4.79 Å². The molecule has 1 saturated heterocycles. The maximum atomic E-state index is 11.5. The first-order valence-electron chi connectivity index (χ1n) is 8.90. The summed E-state index contributed by atoms with van der Waals surface area (Å²) in [7, 11) is 3.51. The Hall–Kier alpha value is -1.53. The summed E-state index contributed by atoms with van der Waals surface area (Å²) < 4.78 is 11.4. The fraction of sp³-hybridized carbons (Fsp3) is 0.381. The Kier molecular flexibility index (Phi) is 6.48. The molecule has 144 valence electrons. The van der Waals surface area contributed by atoms with Crippen molar-refractivity contribution in [2.24, 2.45) is 0 Å². The van der Waals surface area contributed by atoms with Gasteiger partial charge in [-0.2, -0.15) is 0 Å². The Bertz CT molecular complexity index is 821. The van der Waals surface area contributed by atoms with Gasteiger partial charge in [-0.15, -0.1) is 0 Å². The summed E-state index contributed by atoms with van der Waals surface area (Å²) in [4.78, 5) is 15.2. The molecule has 27 heavy (non-hydrogen) atoms. The molecule has 4 nitrogen and oxygen atoms in total. The lowest BCUT2D eigenvalue weighted by Crippen LogP contribution is -2.35. The lowest BCUT2D eigenvalue weighted by molar-refractivity contribution is -0.116. The highest BCUT2D eigenvalue weighted by molar-refractivity contribution is 7.99. The maximum absolute atomic E-state index is 11.5. The van der Waals surface area contributed by atoms with Crippen molar-refractivity contribution in [3.05, 3.63) is 53.1 Å². The number of rotatable bonds is 5. The van der Waals surface area contributed by atoms with Crippen LogP contribution in [0.25, 0.3) is 0 Å². The number of nitrogens with zero attached hydrogens (tertiary/aromatic N) is 1. The summed E-state index contributed by atoms with van der Waals surface area (Å²) in [6, 6.07) is 14.1. The van der Waals surface area contributed by atoms with Crippen molar-refractivity contribution in [3.63, 3.8) is 0 Å². The molecule has 0 spiro atoms. The summed E-state index contributed by atoms with van der Waals surface area (Å²) >= 11 is 8.08. The van der Waals surface area contributed by atoms with Crippen LogP contribution < -0.4 is 4.90 Å². The molecule has 1 heterocycles. The van der Waals surface area contributed by atoms with E-state index in [-0.39, 0.29) is 11.5 Å². The molecule has 3 rings (SSSR count). The highest BCUT2D eigenvalue weighted by Gasteiger charge is 2.34. The van der Waals surface area contributed by atoms with Crippen molar-refractivity contribution in [2.75, 3.05) is 32.3 Å². The van der Waals surface area contributed by atoms with Gasteiger partial charge in [0.15, 0.2) is 0 Å². The van der Waals surface area contributed by atoms with Gasteiger partial charge in [0, 0.05) is 62.6 Å². The second-order valence-corrected chi connectivity index (χ2v) is 8.16. The molecular weight excluding hydrogens is 382 g/mol. The third kappa shape index (κ3) is 4.49. The average Bonchev–Trinajstić information content (AvgIpc) is 2.69. The van der Waals surface area contributed by atoms with Gasteiger partial charge in [0.05, 0.1) is 10.6 Å². The first-order valence-corrected chi connectivity index (χ1v) is 10.1. The Balaban J connectivity index is 1.83. The van der Waals surface area contributed by atoms with E-state index in [9.17, 15) is 4.79 Å². The Morgan fingerprint density at radius 1 is 1.22 bits per heavy atom. The Morgan fingerprint density at radius 2 is 1.96 bits per heavy atom. The zero-order chi connectivity index (χ0) is 19.4. The zero-order valence-corrected chi connectivity index (χ0v) is 17.4. The topological polar surface area (TPSA) is 38.8 Å². The highest BCUT2D eigenvalue weighted by atomic mass is 35.5. The van der Waals surface area contributed by atoms with Crippen LogP contribution in [0.2, 0.25) is 5.02 Å². The van der Waals surface area contributed by atoms with Gasteiger partial charge in [-0.05, 0) is 35.9 Å². The van der Waals surface area contributed by atoms with Crippen molar-refractivity contribution in [2.45, 2.75) is 35.2 Å². The fourth-order valence-corrected chi connectivity index (χ4v) is 4.41. The van der Waals surface area contributed by atoms with Crippen molar-refractivity contribution in [1.29, 1.82) is 0 Å². The standard InChI is InChI=1S/C21H24ClNO3S/c1-15(24)23(2)17-7-8-20(19(22)14-17)27-18-6-4-5-16(13-18)21(25-3)9-11-26-12-10-21/h4-8,13-14H,9-12H2,1-3H3. The second kappa shape index (κ2) is 8.65. The molecular formula is C21H24ClNO3S. The molecule has 0 aliphatic carbocycles. The summed E-state index contributed by atoms with van der Waals surface area (Å²) in [5, 5.41) is 0.628. The van der Waals surface area contributed by atoms with E-state index in [4.69, 9.17) is 21.1 Å². The second-order valence-electron chi connectivity index (χ2n) is 6.63. The monoisotopic (exact) mass is 405 g/mol. The van der Waals surface area contributed by atoms with E-state index in [2.05, 4.69) is 24.3 Å². The molecule has 6 heteroatoms. The third-order valence-corrected chi connectivity index (χ3v) is 6.54. The minimum absolute atomic E-state index is 0.0273. The van der Waals surface area contributed by atoms with E-state index in [1.54, 1.807) is 30.8 Å². The van der Waals surface area contributed by atoms with Gasteiger partial charge in [-0.25, -0.2) is 0 Å². The molecule has 1 aliphatic rings. The first-order chi connectivity index (χ1) is 12.9. The fourth-order valence-electron chi connectivity index (χ4n) is 3.24. The summed E-state index contributed by atoms with van der Waals surface area (Å²) in [5.41, 5.74) is 1.67. The molecule has 1 amide bonds. The first kappa shape index (κ1) is 20.2.